The Labute approximate surface area is 84.9 Å². The first kappa shape index (κ1) is 9.31. The van der Waals surface area contributed by atoms with Crippen LogP contribution in [0.15, 0.2) is 18.3 Å². The van der Waals surface area contributed by atoms with Gasteiger partial charge < -0.3 is 10.6 Å². The van der Waals surface area contributed by atoms with E-state index in [0.717, 1.165) is 5.92 Å². The Kier molecular flexibility index (Phi) is 2.57. The Bertz CT molecular complexity index is 288. The zero-order chi connectivity index (χ0) is 9.97. The number of aromatic nitrogens is 1. The SMILES string of the molecule is CCCC1CN(c2ccc(N)nc2)C1. The van der Waals surface area contributed by atoms with E-state index in [1.807, 2.05) is 18.3 Å². The molecule has 0 unspecified atom stereocenters. The molecule has 1 saturated heterocycles. The molecule has 1 aliphatic heterocycles. The quantitative estimate of drug-likeness (QED) is 0.793. The largest absolute Gasteiger partial charge is 0.384 e. The molecule has 3 heteroatoms. The van der Waals surface area contributed by atoms with Gasteiger partial charge in [-0.3, -0.25) is 0 Å². The number of rotatable bonds is 3. The predicted molar refractivity (Wildman–Crippen MR) is 59.3 cm³/mol. The van der Waals surface area contributed by atoms with E-state index in [9.17, 15) is 0 Å². The molecule has 2 heterocycles. The molecule has 0 aliphatic carbocycles. The molecule has 0 amide bonds. The fourth-order valence-electron chi connectivity index (χ4n) is 1.96. The van der Waals surface area contributed by atoms with Gasteiger partial charge >= 0.3 is 0 Å². The molecule has 0 atom stereocenters. The van der Waals surface area contributed by atoms with Gasteiger partial charge in [-0.1, -0.05) is 13.3 Å². The number of nitrogens with zero attached hydrogens (tertiary/aromatic N) is 2. The van der Waals surface area contributed by atoms with Crippen LogP contribution in [0.1, 0.15) is 19.8 Å². The predicted octanol–water partition coefficient (Wildman–Crippen LogP) is 1.90. The van der Waals surface area contributed by atoms with Crippen molar-refractivity contribution in [2.45, 2.75) is 19.8 Å². The normalized spacial score (nSPS) is 16.8. The van der Waals surface area contributed by atoms with E-state index < -0.39 is 0 Å². The highest BCUT2D eigenvalue weighted by molar-refractivity contribution is 5.49. The Balaban J connectivity index is 1.90. The van der Waals surface area contributed by atoms with E-state index >= 15 is 0 Å². The molecule has 1 aliphatic rings. The minimum atomic E-state index is 0.597. The van der Waals surface area contributed by atoms with Crippen LogP contribution < -0.4 is 10.6 Å². The van der Waals surface area contributed by atoms with Crippen LogP contribution in [0.4, 0.5) is 11.5 Å². The third-order valence-corrected chi connectivity index (χ3v) is 2.79. The van der Waals surface area contributed by atoms with Gasteiger partial charge in [-0.2, -0.15) is 0 Å². The van der Waals surface area contributed by atoms with Gasteiger partial charge in [0.1, 0.15) is 5.82 Å². The molecule has 0 bridgehead atoms. The second-order valence-corrected chi connectivity index (χ2v) is 4.00. The minimum Gasteiger partial charge on any atom is -0.384 e. The van der Waals surface area contributed by atoms with Gasteiger partial charge in [0.25, 0.3) is 0 Å². The fourth-order valence-corrected chi connectivity index (χ4v) is 1.96. The molecule has 2 N–H and O–H groups in total. The second-order valence-electron chi connectivity index (χ2n) is 4.00. The summed E-state index contributed by atoms with van der Waals surface area (Å²) < 4.78 is 0. The van der Waals surface area contributed by atoms with Gasteiger partial charge in [-0.15, -0.1) is 0 Å². The van der Waals surface area contributed by atoms with Gasteiger partial charge in [-0.25, -0.2) is 4.98 Å². The molecule has 0 aromatic carbocycles. The lowest BCUT2D eigenvalue weighted by atomic mass is 9.95. The van der Waals surface area contributed by atoms with Gasteiger partial charge in [0.2, 0.25) is 0 Å². The maximum atomic E-state index is 5.53. The number of anilines is 2. The molecule has 76 valence electrons. The fraction of sp³-hybridized carbons (Fsp3) is 0.545. The third-order valence-electron chi connectivity index (χ3n) is 2.79. The Morgan fingerprint density at radius 2 is 2.29 bits per heavy atom. The highest BCUT2D eigenvalue weighted by Crippen LogP contribution is 2.26. The van der Waals surface area contributed by atoms with Gasteiger partial charge in [0.05, 0.1) is 11.9 Å². The van der Waals surface area contributed by atoms with Crippen LogP contribution in [-0.4, -0.2) is 18.1 Å². The summed E-state index contributed by atoms with van der Waals surface area (Å²) in [7, 11) is 0. The smallest absolute Gasteiger partial charge is 0.123 e. The van der Waals surface area contributed by atoms with Crippen LogP contribution in [0.25, 0.3) is 0 Å². The maximum absolute atomic E-state index is 5.53. The van der Waals surface area contributed by atoms with E-state index in [4.69, 9.17) is 5.73 Å². The van der Waals surface area contributed by atoms with Crippen molar-refractivity contribution in [2.24, 2.45) is 5.92 Å². The summed E-state index contributed by atoms with van der Waals surface area (Å²) in [4.78, 5) is 6.44. The van der Waals surface area contributed by atoms with E-state index in [1.54, 1.807) is 0 Å². The molecular formula is C11H17N3. The maximum Gasteiger partial charge on any atom is 0.123 e. The van der Waals surface area contributed by atoms with Crippen molar-refractivity contribution in [3.05, 3.63) is 18.3 Å². The van der Waals surface area contributed by atoms with E-state index in [-0.39, 0.29) is 0 Å². The third kappa shape index (κ3) is 1.81. The van der Waals surface area contributed by atoms with Gasteiger partial charge in [0, 0.05) is 13.1 Å². The van der Waals surface area contributed by atoms with Crippen LogP contribution in [0.5, 0.6) is 0 Å². The average Bonchev–Trinajstić information content (AvgIpc) is 2.13. The Hall–Kier alpha value is -1.25. The van der Waals surface area contributed by atoms with Crippen molar-refractivity contribution in [1.29, 1.82) is 0 Å². The molecule has 1 fully saturated rings. The molecule has 0 radical (unpaired) electrons. The minimum absolute atomic E-state index is 0.597. The van der Waals surface area contributed by atoms with Crippen molar-refractivity contribution in [2.75, 3.05) is 23.7 Å². The lowest BCUT2D eigenvalue weighted by Crippen LogP contribution is -2.46. The monoisotopic (exact) mass is 191 g/mol. The van der Waals surface area contributed by atoms with Crippen molar-refractivity contribution < 1.29 is 0 Å². The molecule has 2 rings (SSSR count). The summed E-state index contributed by atoms with van der Waals surface area (Å²) in [6, 6.07) is 3.91. The van der Waals surface area contributed by atoms with Crippen molar-refractivity contribution in [1.82, 2.24) is 4.98 Å². The summed E-state index contributed by atoms with van der Waals surface area (Å²) in [5, 5.41) is 0. The van der Waals surface area contributed by atoms with Crippen LogP contribution in [-0.2, 0) is 0 Å². The van der Waals surface area contributed by atoms with Crippen molar-refractivity contribution >= 4 is 11.5 Å². The number of hydrogen-bond acceptors (Lipinski definition) is 3. The summed E-state index contributed by atoms with van der Waals surface area (Å²) in [5.74, 6) is 1.48. The summed E-state index contributed by atoms with van der Waals surface area (Å²) in [6.45, 7) is 4.60. The summed E-state index contributed by atoms with van der Waals surface area (Å²) in [5.41, 5.74) is 6.73. The van der Waals surface area contributed by atoms with Crippen molar-refractivity contribution in [3.8, 4) is 0 Å². The van der Waals surface area contributed by atoms with Crippen LogP contribution in [0.2, 0.25) is 0 Å². The summed E-state index contributed by atoms with van der Waals surface area (Å²) >= 11 is 0. The first-order valence-electron chi connectivity index (χ1n) is 5.26. The van der Waals surface area contributed by atoms with Crippen LogP contribution in [0, 0.1) is 5.92 Å². The zero-order valence-electron chi connectivity index (χ0n) is 8.61. The molecule has 1 aromatic rings. The van der Waals surface area contributed by atoms with Crippen LogP contribution in [0.3, 0.4) is 0 Å². The lowest BCUT2D eigenvalue weighted by Gasteiger charge is -2.40. The molecule has 3 nitrogen and oxygen atoms in total. The van der Waals surface area contributed by atoms with E-state index in [0.29, 0.717) is 5.82 Å². The number of nitrogens with two attached hydrogens (primary N) is 1. The first-order valence-corrected chi connectivity index (χ1v) is 5.26. The lowest BCUT2D eigenvalue weighted by molar-refractivity contribution is 0.380. The Morgan fingerprint density at radius 1 is 1.50 bits per heavy atom. The number of hydrogen-bond donors (Lipinski definition) is 1. The first-order chi connectivity index (χ1) is 6.79. The molecule has 0 saturated carbocycles. The van der Waals surface area contributed by atoms with Crippen molar-refractivity contribution in [3.63, 3.8) is 0 Å². The average molecular weight is 191 g/mol. The summed E-state index contributed by atoms with van der Waals surface area (Å²) in [6.07, 6.45) is 4.49. The molecule has 0 spiro atoms. The number of nitrogen functional groups attached to an aromatic ring is 1. The number of pyridine rings is 1. The Morgan fingerprint density at radius 3 is 2.86 bits per heavy atom. The topological polar surface area (TPSA) is 42.1 Å². The zero-order valence-corrected chi connectivity index (χ0v) is 8.61. The second kappa shape index (κ2) is 3.86. The molecular weight excluding hydrogens is 174 g/mol. The van der Waals surface area contributed by atoms with E-state index in [2.05, 4.69) is 16.8 Å². The highest BCUT2D eigenvalue weighted by atomic mass is 15.2. The van der Waals surface area contributed by atoms with Crippen LogP contribution >= 0.6 is 0 Å². The molecule has 1 aromatic heterocycles. The van der Waals surface area contributed by atoms with E-state index in [1.165, 1.54) is 31.6 Å². The van der Waals surface area contributed by atoms with Gasteiger partial charge in [-0.05, 0) is 24.5 Å². The highest BCUT2D eigenvalue weighted by Gasteiger charge is 2.25. The standard InChI is InChI=1S/C11H17N3/c1-2-3-9-7-14(8-9)10-4-5-11(12)13-6-10/h4-6,9H,2-3,7-8H2,1H3,(H2,12,13). The molecule has 14 heavy (non-hydrogen) atoms. The van der Waals surface area contributed by atoms with Gasteiger partial charge in [0.15, 0.2) is 0 Å².